The number of guanidine groups is 1. The van der Waals surface area contributed by atoms with Crippen LogP contribution in [0.2, 0.25) is 0 Å². The lowest BCUT2D eigenvalue weighted by Gasteiger charge is -2.27. The van der Waals surface area contributed by atoms with Crippen molar-refractivity contribution < 1.29 is 13.2 Å². The Labute approximate surface area is 135 Å². The molecule has 1 heterocycles. The first-order chi connectivity index (χ1) is 10.5. The van der Waals surface area contributed by atoms with Gasteiger partial charge in [0.25, 0.3) is 0 Å². The van der Waals surface area contributed by atoms with Gasteiger partial charge in [-0.15, -0.1) is 0 Å². The van der Waals surface area contributed by atoms with E-state index in [2.05, 4.69) is 9.89 Å². The summed E-state index contributed by atoms with van der Waals surface area (Å²) in [6, 6.07) is 6.36. The van der Waals surface area contributed by atoms with E-state index in [1.807, 2.05) is 11.8 Å². The number of nitrogens with zero attached hydrogens (tertiary/aromatic N) is 2. The molecule has 22 heavy (non-hydrogen) atoms. The van der Waals surface area contributed by atoms with Gasteiger partial charge in [-0.05, 0) is 24.3 Å². The molecular weight excluding hydrogens is 322 g/mol. The fourth-order valence-corrected chi connectivity index (χ4v) is 3.53. The Balaban J connectivity index is 1.78. The minimum Gasteiger partial charge on any atom is -0.492 e. The number of hydrogen-bond donors (Lipinski definition) is 1. The van der Waals surface area contributed by atoms with Crippen LogP contribution < -0.4 is 10.5 Å². The van der Waals surface area contributed by atoms with Gasteiger partial charge in [0.2, 0.25) is 0 Å². The highest BCUT2D eigenvalue weighted by Gasteiger charge is 2.11. The summed E-state index contributed by atoms with van der Waals surface area (Å²) in [7, 11) is -3.17. The van der Waals surface area contributed by atoms with Crippen molar-refractivity contribution in [2.75, 3.05) is 44.0 Å². The molecular formula is C14H21N3O3S2. The molecule has 0 aromatic heterocycles. The second kappa shape index (κ2) is 7.73. The molecule has 0 spiro atoms. The van der Waals surface area contributed by atoms with Crippen molar-refractivity contribution in [3.8, 4) is 5.75 Å². The summed E-state index contributed by atoms with van der Waals surface area (Å²) in [4.78, 5) is 6.67. The van der Waals surface area contributed by atoms with Crippen LogP contribution in [0.1, 0.15) is 0 Å². The molecule has 1 aromatic rings. The minimum absolute atomic E-state index is 0.282. The minimum atomic E-state index is -3.17. The van der Waals surface area contributed by atoms with Crippen LogP contribution in [0.4, 0.5) is 0 Å². The van der Waals surface area contributed by atoms with Crippen LogP contribution in [0.25, 0.3) is 0 Å². The number of benzene rings is 1. The van der Waals surface area contributed by atoms with E-state index < -0.39 is 9.84 Å². The van der Waals surface area contributed by atoms with Crippen LogP contribution in [-0.2, 0) is 9.84 Å². The monoisotopic (exact) mass is 343 g/mol. The summed E-state index contributed by atoms with van der Waals surface area (Å²) in [5.74, 6) is 3.35. The number of hydrogen-bond acceptors (Lipinski definition) is 5. The molecule has 2 N–H and O–H groups in total. The number of sulfone groups is 1. The van der Waals surface area contributed by atoms with E-state index in [1.54, 1.807) is 12.1 Å². The first kappa shape index (κ1) is 17.0. The molecule has 0 amide bonds. The zero-order valence-electron chi connectivity index (χ0n) is 12.6. The van der Waals surface area contributed by atoms with Crippen molar-refractivity contribution in [2.45, 2.75) is 4.90 Å². The summed E-state index contributed by atoms with van der Waals surface area (Å²) in [6.45, 7) is 2.76. The molecule has 1 aliphatic rings. The molecule has 8 heteroatoms. The third-order valence-electron chi connectivity index (χ3n) is 3.22. The van der Waals surface area contributed by atoms with Crippen molar-refractivity contribution in [3.05, 3.63) is 24.3 Å². The summed E-state index contributed by atoms with van der Waals surface area (Å²) < 4.78 is 28.2. The van der Waals surface area contributed by atoms with Crippen molar-refractivity contribution in [3.63, 3.8) is 0 Å². The predicted octanol–water partition coefficient (Wildman–Crippen LogP) is 0.832. The summed E-state index contributed by atoms with van der Waals surface area (Å²) in [5, 5.41) is 0. The molecule has 0 aliphatic carbocycles. The van der Waals surface area contributed by atoms with Gasteiger partial charge in [-0.1, -0.05) is 0 Å². The van der Waals surface area contributed by atoms with Gasteiger partial charge in [-0.2, -0.15) is 11.8 Å². The predicted molar refractivity (Wildman–Crippen MR) is 90.4 cm³/mol. The standard InChI is InChI=1S/C14H21N3O3S2/c1-22(18,19)13-4-2-12(3-5-13)20-9-6-16-14(15)17-7-10-21-11-8-17/h2-5H,6-11H2,1H3,(H2,15,16). The van der Waals surface area contributed by atoms with Crippen molar-refractivity contribution in [2.24, 2.45) is 10.7 Å². The molecule has 0 unspecified atom stereocenters. The second-order valence-electron chi connectivity index (χ2n) is 4.93. The van der Waals surface area contributed by atoms with Crippen LogP contribution in [0.15, 0.2) is 34.2 Å². The first-order valence-corrected chi connectivity index (χ1v) is 10.1. The van der Waals surface area contributed by atoms with E-state index in [9.17, 15) is 8.42 Å². The Hall–Kier alpha value is -1.41. The van der Waals surface area contributed by atoms with Crippen molar-refractivity contribution in [1.29, 1.82) is 0 Å². The third-order valence-corrected chi connectivity index (χ3v) is 5.29. The van der Waals surface area contributed by atoms with E-state index in [0.717, 1.165) is 24.6 Å². The van der Waals surface area contributed by atoms with E-state index in [4.69, 9.17) is 10.5 Å². The lowest BCUT2D eigenvalue weighted by atomic mass is 10.3. The maximum absolute atomic E-state index is 11.4. The number of aliphatic imine (C=N–C) groups is 1. The fourth-order valence-electron chi connectivity index (χ4n) is 2.00. The molecule has 1 fully saturated rings. The normalized spacial score (nSPS) is 16.6. The smallest absolute Gasteiger partial charge is 0.191 e. The molecule has 2 rings (SSSR count). The molecule has 0 radical (unpaired) electrons. The lowest BCUT2D eigenvalue weighted by molar-refractivity contribution is 0.327. The van der Waals surface area contributed by atoms with Gasteiger partial charge in [-0.25, -0.2) is 13.4 Å². The summed E-state index contributed by atoms with van der Waals surface area (Å²) >= 11 is 1.92. The van der Waals surface area contributed by atoms with Crippen LogP contribution >= 0.6 is 11.8 Å². The van der Waals surface area contributed by atoms with Gasteiger partial charge in [-0.3, -0.25) is 0 Å². The zero-order valence-corrected chi connectivity index (χ0v) is 14.2. The van der Waals surface area contributed by atoms with E-state index in [0.29, 0.717) is 24.9 Å². The van der Waals surface area contributed by atoms with Gasteiger partial charge in [0.1, 0.15) is 12.4 Å². The Kier molecular flexibility index (Phi) is 5.96. The Morgan fingerprint density at radius 3 is 2.55 bits per heavy atom. The zero-order chi connectivity index (χ0) is 16.0. The first-order valence-electron chi connectivity index (χ1n) is 7.02. The molecule has 0 atom stereocenters. The highest BCUT2D eigenvalue weighted by molar-refractivity contribution is 7.99. The van der Waals surface area contributed by atoms with Crippen LogP contribution in [0.3, 0.4) is 0 Å². The summed E-state index contributed by atoms with van der Waals surface area (Å²) in [5.41, 5.74) is 5.94. The maximum atomic E-state index is 11.4. The topological polar surface area (TPSA) is 85.0 Å². The third kappa shape index (κ3) is 5.10. The van der Waals surface area contributed by atoms with Crippen molar-refractivity contribution >= 4 is 27.6 Å². The fraction of sp³-hybridized carbons (Fsp3) is 0.500. The maximum Gasteiger partial charge on any atom is 0.191 e. The quantitative estimate of drug-likeness (QED) is 0.484. The van der Waals surface area contributed by atoms with E-state index in [1.165, 1.54) is 18.4 Å². The largest absolute Gasteiger partial charge is 0.492 e. The lowest BCUT2D eigenvalue weighted by Crippen LogP contribution is -2.42. The number of ether oxygens (including phenoxy) is 1. The van der Waals surface area contributed by atoms with Gasteiger partial charge in [0, 0.05) is 30.9 Å². The van der Waals surface area contributed by atoms with E-state index in [-0.39, 0.29) is 4.90 Å². The SMILES string of the molecule is CS(=O)(=O)c1ccc(OCCN=C(N)N2CCSCC2)cc1. The number of thioether (sulfide) groups is 1. The second-order valence-corrected chi connectivity index (χ2v) is 8.17. The highest BCUT2D eigenvalue weighted by Crippen LogP contribution is 2.15. The molecule has 0 saturated carbocycles. The van der Waals surface area contributed by atoms with Crippen LogP contribution in [-0.4, -0.2) is 63.3 Å². The Bertz CT molecular complexity index is 609. The number of nitrogens with two attached hydrogens (primary N) is 1. The van der Waals surface area contributed by atoms with Crippen LogP contribution in [0, 0.1) is 0 Å². The average molecular weight is 343 g/mol. The average Bonchev–Trinajstić information content (AvgIpc) is 2.52. The van der Waals surface area contributed by atoms with E-state index >= 15 is 0 Å². The van der Waals surface area contributed by atoms with Gasteiger partial charge in [0.05, 0.1) is 11.4 Å². The molecule has 1 saturated heterocycles. The molecule has 6 nitrogen and oxygen atoms in total. The molecule has 1 aromatic carbocycles. The number of rotatable bonds is 5. The molecule has 1 aliphatic heterocycles. The highest BCUT2D eigenvalue weighted by atomic mass is 32.2. The van der Waals surface area contributed by atoms with Gasteiger partial charge in [0.15, 0.2) is 15.8 Å². The van der Waals surface area contributed by atoms with Crippen molar-refractivity contribution in [1.82, 2.24) is 4.90 Å². The Morgan fingerprint density at radius 2 is 1.95 bits per heavy atom. The van der Waals surface area contributed by atoms with Gasteiger partial charge < -0.3 is 15.4 Å². The van der Waals surface area contributed by atoms with Gasteiger partial charge >= 0.3 is 0 Å². The molecule has 122 valence electrons. The van der Waals surface area contributed by atoms with Crippen LogP contribution in [0.5, 0.6) is 5.75 Å². The molecule has 0 bridgehead atoms. The summed E-state index contributed by atoms with van der Waals surface area (Å²) in [6.07, 6.45) is 1.18. The Morgan fingerprint density at radius 1 is 1.32 bits per heavy atom.